The number of imidazole rings is 2. The van der Waals surface area contributed by atoms with E-state index in [0.717, 1.165) is 83.2 Å². The highest BCUT2D eigenvalue weighted by atomic mass is 16.3. The van der Waals surface area contributed by atoms with Crippen molar-refractivity contribution >= 4 is 49.8 Å². The molecule has 4 aromatic heterocycles. The van der Waals surface area contributed by atoms with Gasteiger partial charge in [0.1, 0.15) is 11.2 Å². The van der Waals surface area contributed by atoms with Gasteiger partial charge in [-0.05, 0) is 53.1 Å². The summed E-state index contributed by atoms with van der Waals surface area (Å²) in [5, 5.41) is 2.22. The van der Waals surface area contributed by atoms with Gasteiger partial charge >= 0.3 is 0 Å². The molecule has 0 radical (unpaired) electrons. The SMILES string of the molecule is c1ccc(-c2nc(-c3ccccc3)nc(-n3c4cccc(-c5cccc(-c6cccc7oc8ccccc8c67)c5)c4n4c5ccccc5nc34)n2)cc1. The molecule has 0 saturated heterocycles. The minimum Gasteiger partial charge on any atom is -0.456 e. The maximum atomic E-state index is 6.26. The van der Waals surface area contributed by atoms with Crippen molar-refractivity contribution in [3.05, 3.63) is 170 Å². The summed E-state index contributed by atoms with van der Waals surface area (Å²) in [6, 6.07) is 58.1. The largest absolute Gasteiger partial charge is 0.456 e. The Hall–Kier alpha value is -7.38. The number of fused-ring (bicyclic) bond motifs is 8. The predicted octanol–water partition coefficient (Wildman–Crippen LogP) is 11.2. The van der Waals surface area contributed by atoms with Crippen LogP contribution in [-0.2, 0) is 0 Å². The summed E-state index contributed by atoms with van der Waals surface area (Å²) in [5.41, 5.74) is 11.8. The Morgan fingerprint density at radius 2 is 1.02 bits per heavy atom. The van der Waals surface area contributed by atoms with Gasteiger partial charge < -0.3 is 4.42 Å². The van der Waals surface area contributed by atoms with E-state index in [2.05, 4.69) is 93.9 Å². The molecule has 0 aliphatic heterocycles. The van der Waals surface area contributed by atoms with Gasteiger partial charge in [0.05, 0.1) is 22.1 Å². The van der Waals surface area contributed by atoms with Crippen LogP contribution in [-0.4, -0.2) is 28.9 Å². The summed E-state index contributed by atoms with van der Waals surface area (Å²) >= 11 is 0. The molecule has 0 saturated carbocycles. The van der Waals surface area contributed by atoms with E-state index in [4.69, 9.17) is 24.4 Å². The molecule has 11 rings (SSSR count). The smallest absolute Gasteiger partial charge is 0.241 e. The molecule has 53 heavy (non-hydrogen) atoms. The first-order chi connectivity index (χ1) is 26.3. The Morgan fingerprint density at radius 1 is 0.434 bits per heavy atom. The number of benzene rings is 7. The molecule has 7 heteroatoms. The highest BCUT2D eigenvalue weighted by Crippen LogP contribution is 2.40. The molecule has 0 amide bonds. The van der Waals surface area contributed by atoms with Crippen LogP contribution < -0.4 is 0 Å². The summed E-state index contributed by atoms with van der Waals surface area (Å²) in [7, 11) is 0. The zero-order valence-electron chi connectivity index (χ0n) is 28.3. The molecule has 0 spiro atoms. The molecule has 0 N–H and O–H groups in total. The minimum atomic E-state index is 0.498. The molecule has 0 fully saturated rings. The molecule has 7 nitrogen and oxygen atoms in total. The van der Waals surface area contributed by atoms with Crippen LogP contribution in [0.25, 0.3) is 101 Å². The Kier molecular flexibility index (Phi) is 6.42. The molecule has 0 bridgehead atoms. The molecule has 7 aromatic carbocycles. The van der Waals surface area contributed by atoms with Crippen molar-refractivity contribution in [1.82, 2.24) is 28.9 Å². The maximum absolute atomic E-state index is 6.26. The van der Waals surface area contributed by atoms with Crippen molar-refractivity contribution in [1.29, 1.82) is 0 Å². The van der Waals surface area contributed by atoms with Crippen molar-refractivity contribution in [3.63, 3.8) is 0 Å². The van der Waals surface area contributed by atoms with Gasteiger partial charge in [-0.25, -0.2) is 14.5 Å². The summed E-state index contributed by atoms with van der Waals surface area (Å²) in [6.07, 6.45) is 0. The molecule has 4 heterocycles. The monoisotopic (exact) mass is 680 g/mol. The lowest BCUT2D eigenvalue weighted by Gasteiger charge is -2.11. The Morgan fingerprint density at radius 3 is 1.81 bits per heavy atom. The second-order valence-electron chi connectivity index (χ2n) is 13.1. The van der Waals surface area contributed by atoms with E-state index in [1.165, 1.54) is 0 Å². The van der Waals surface area contributed by atoms with E-state index < -0.39 is 0 Å². The van der Waals surface area contributed by atoms with Crippen molar-refractivity contribution < 1.29 is 4.42 Å². The third-order valence-corrected chi connectivity index (χ3v) is 10.00. The Bertz CT molecular complexity index is 3120. The first-order valence-corrected chi connectivity index (χ1v) is 17.6. The van der Waals surface area contributed by atoms with Crippen LogP contribution in [0.4, 0.5) is 0 Å². The van der Waals surface area contributed by atoms with Gasteiger partial charge in [0, 0.05) is 27.5 Å². The van der Waals surface area contributed by atoms with Gasteiger partial charge in [0.2, 0.25) is 11.7 Å². The van der Waals surface area contributed by atoms with E-state index in [1.807, 2.05) is 84.9 Å². The fourth-order valence-corrected chi connectivity index (χ4v) is 7.64. The summed E-state index contributed by atoms with van der Waals surface area (Å²) in [5.74, 6) is 2.41. The quantitative estimate of drug-likeness (QED) is 0.181. The first kappa shape index (κ1) is 29.4. The Balaban J connectivity index is 1.18. The normalized spacial score (nSPS) is 11.8. The summed E-state index contributed by atoms with van der Waals surface area (Å²) in [4.78, 5) is 20.4. The van der Waals surface area contributed by atoms with Gasteiger partial charge in [-0.2, -0.15) is 9.97 Å². The lowest BCUT2D eigenvalue weighted by Crippen LogP contribution is -2.07. The van der Waals surface area contributed by atoms with E-state index in [0.29, 0.717) is 17.6 Å². The van der Waals surface area contributed by atoms with Crippen molar-refractivity contribution in [3.8, 4) is 51.0 Å². The highest BCUT2D eigenvalue weighted by molar-refractivity contribution is 6.12. The zero-order chi connectivity index (χ0) is 34.9. The second kappa shape index (κ2) is 11.6. The van der Waals surface area contributed by atoms with Crippen LogP contribution in [0.3, 0.4) is 0 Å². The molecule has 11 aromatic rings. The number of furan rings is 1. The average Bonchev–Trinajstić information content (AvgIpc) is 3.90. The highest BCUT2D eigenvalue weighted by Gasteiger charge is 2.23. The van der Waals surface area contributed by atoms with E-state index in [9.17, 15) is 0 Å². The molecule has 0 aliphatic carbocycles. The standard InChI is InChI=1S/C46H28N6O/c1-3-14-29(15-4-1)43-48-44(30-16-5-2-6-17-30)50-45(49-43)52-38-25-12-22-34(42(38)51-37-24-9-8-23-36(37)47-46(51)52)32-19-11-18-31(28-32)33-21-13-27-40-41(33)35-20-7-10-26-39(35)53-40/h1-28H. The number of para-hydroxylation sites is 4. The molecule has 0 aliphatic rings. The van der Waals surface area contributed by atoms with Crippen LogP contribution in [0.1, 0.15) is 0 Å². The van der Waals surface area contributed by atoms with Crippen LogP contribution in [0, 0.1) is 0 Å². The first-order valence-electron chi connectivity index (χ1n) is 17.6. The van der Waals surface area contributed by atoms with E-state index in [1.54, 1.807) is 0 Å². The third kappa shape index (κ3) is 4.61. The van der Waals surface area contributed by atoms with E-state index in [-0.39, 0.29) is 0 Å². The molecular weight excluding hydrogens is 653 g/mol. The molecule has 0 atom stereocenters. The van der Waals surface area contributed by atoms with Gasteiger partial charge in [-0.3, -0.25) is 4.40 Å². The van der Waals surface area contributed by atoms with Gasteiger partial charge in [-0.1, -0.05) is 133 Å². The maximum Gasteiger partial charge on any atom is 0.241 e. The topological polar surface area (TPSA) is 74.0 Å². The Labute approximate surface area is 303 Å². The van der Waals surface area contributed by atoms with Gasteiger partial charge in [0.15, 0.2) is 11.6 Å². The molecular formula is C46H28N6O. The average molecular weight is 681 g/mol. The summed E-state index contributed by atoms with van der Waals surface area (Å²) in [6.45, 7) is 0. The van der Waals surface area contributed by atoms with E-state index >= 15 is 0 Å². The number of rotatable bonds is 5. The van der Waals surface area contributed by atoms with Crippen molar-refractivity contribution in [2.24, 2.45) is 0 Å². The van der Waals surface area contributed by atoms with Crippen molar-refractivity contribution in [2.75, 3.05) is 0 Å². The molecule has 0 unspecified atom stereocenters. The molecule has 248 valence electrons. The van der Waals surface area contributed by atoms with Crippen LogP contribution in [0.5, 0.6) is 0 Å². The number of hydrogen-bond acceptors (Lipinski definition) is 5. The number of aromatic nitrogens is 6. The predicted molar refractivity (Wildman–Crippen MR) is 212 cm³/mol. The lowest BCUT2D eigenvalue weighted by molar-refractivity contribution is 0.669. The van der Waals surface area contributed by atoms with Crippen LogP contribution >= 0.6 is 0 Å². The van der Waals surface area contributed by atoms with Gasteiger partial charge in [-0.15, -0.1) is 0 Å². The fraction of sp³-hybridized carbons (Fsp3) is 0. The van der Waals surface area contributed by atoms with Crippen LogP contribution in [0.15, 0.2) is 174 Å². The fourth-order valence-electron chi connectivity index (χ4n) is 7.64. The number of nitrogens with zero attached hydrogens (tertiary/aromatic N) is 6. The zero-order valence-corrected chi connectivity index (χ0v) is 28.3. The number of hydrogen-bond donors (Lipinski definition) is 0. The lowest BCUT2D eigenvalue weighted by atomic mass is 9.95. The summed E-state index contributed by atoms with van der Waals surface area (Å²) < 4.78 is 10.6. The third-order valence-electron chi connectivity index (χ3n) is 10.00. The second-order valence-corrected chi connectivity index (χ2v) is 13.1. The van der Waals surface area contributed by atoms with Crippen molar-refractivity contribution in [2.45, 2.75) is 0 Å². The minimum absolute atomic E-state index is 0.498. The van der Waals surface area contributed by atoms with Crippen LogP contribution in [0.2, 0.25) is 0 Å². The van der Waals surface area contributed by atoms with Gasteiger partial charge in [0.25, 0.3) is 0 Å².